The Balaban J connectivity index is 0.000000511. The van der Waals surface area contributed by atoms with Crippen LogP contribution < -0.4 is 28.3 Å². The zero-order chi connectivity index (χ0) is 24.9. The number of hydrazone groups is 1. The molecule has 0 bridgehead atoms. The molecule has 180 valence electrons. The molecule has 0 unspecified atom stereocenters. The number of aryl methyl sites for hydroxylation is 2. The van der Waals surface area contributed by atoms with Gasteiger partial charge in [0.15, 0.2) is 0 Å². The molecule has 0 amide bonds. The van der Waals surface area contributed by atoms with E-state index in [9.17, 15) is 4.79 Å². The quantitative estimate of drug-likeness (QED) is 0.127. The van der Waals surface area contributed by atoms with Crippen LogP contribution in [0.5, 0.6) is 0 Å². The number of nitrogens with two attached hydrogens (primary N) is 3. The third-order valence-electron chi connectivity index (χ3n) is 3.40. The van der Waals surface area contributed by atoms with E-state index >= 15 is 0 Å². The highest BCUT2D eigenvalue weighted by molar-refractivity contribution is 5.83. The van der Waals surface area contributed by atoms with Gasteiger partial charge in [0.2, 0.25) is 11.9 Å². The Kier molecular flexibility index (Phi) is 16.3. The highest BCUT2D eigenvalue weighted by atomic mass is 16.6. The van der Waals surface area contributed by atoms with E-state index in [-0.39, 0.29) is 11.9 Å². The van der Waals surface area contributed by atoms with Gasteiger partial charge in [-0.05, 0) is 51.0 Å². The number of guanidine groups is 2. The number of rotatable bonds is 7. The molecule has 2 rings (SSSR count). The molecule has 0 spiro atoms. The first kappa shape index (κ1) is 28.9. The molecular weight excluding hydrogens is 428 g/mol. The van der Waals surface area contributed by atoms with E-state index in [1.165, 1.54) is 0 Å². The Morgan fingerprint density at radius 1 is 0.970 bits per heavy atom. The number of pyridine rings is 2. The Hall–Kier alpha value is -4.10. The van der Waals surface area contributed by atoms with Gasteiger partial charge in [0.05, 0.1) is 19.4 Å². The maximum atomic E-state index is 10.2. The second-order valence-corrected chi connectivity index (χ2v) is 5.90. The fourth-order valence-corrected chi connectivity index (χ4v) is 1.74. The molecule has 2 heterocycles. The monoisotopic (exact) mass is 460 g/mol. The van der Waals surface area contributed by atoms with Crippen molar-refractivity contribution in [1.82, 2.24) is 20.9 Å². The predicted molar refractivity (Wildman–Crippen MR) is 128 cm³/mol. The van der Waals surface area contributed by atoms with Crippen LogP contribution in [0.15, 0.2) is 52.2 Å². The lowest BCUT2D eigenvalue weighted by atomic mass is 10.2. The summed E-state index contributed by atoms with van der Waals surface area (Å²) in [6, 6.07) is 3.54. The molecule has 0 aliphatic heterocycles. The third-order valence-corrected chi connectivity index (χ3v) is 3.40. The predicted octanol–water partition coefficient (Wildman–Crippen LogP) is 0.498. The molecule has 13 nitrogen and oxygen atoms in total. The number of nitrogens with one attached hydrogen (secondary N) is 2. The van der Waals surface area contributed by atoms with E-state index in [2.05, 4.69) is 41.1 Å². The van der Waals surface area contributed by atoms with Crippen LogP contribution >= 0.6 is 0 Å². The molecule has 0 atom stereocenters. The molecule has 0 radical (unpaired) electrons. The molecule has 0 saturated heterocycles. The van der Waals surface area contributed by atoms with Crippen molar-refractivity contribution in [3.63, 3.8) is 0 Å². The van der Waals surface area contributed by atoms with Crippen LogP contribution in [-0.4, -0.2) is 47.6 Å². The van der Waals surface area contributed by atoms with Crippen LogP contribution in [0.25, 0.3) is 0 Å². The number of aromatic nitrogens is 2. The maximum absolute atomic E-state index is 10.2. The standard InChI is InChI=1S/C10H15N5O.C7H7NO.C3H10N4O/c1-3-16-15-10(11)14-13-7-9-4-5-12-6-8(9)2;1-6-4-8-3-2-7(6)5-9;1-2-8-7-3(4)6-5/h4-7H,3H2,1-2H3,(H3,11,14,15);2-5H,1H3;2,5H2,1H3,(H3,4,6,7)/b13-7+;;. The molecule has 0 aliphatic rings. The number of nitrogens with zero attached hydrogens (tertiary/aromatic N) is 5. The van der Waals surface area contributed by atoms with Gasteiger partial charge in [-0.15, -0.1) is 10.2 Å². The van der Waals surface area contributed by atoms with Crippen LogP contribution in [-0.2, 0) is 9.68 Å². The Morgan fingerprint density at radius 2 is 1.48 bits per heavy atom. The summed E-state index contributed by atoms with van der Waals surface area (Å²) < 4.78 is 0. The van der Waals surface area contributed by atoms with Crippen LogP contribution in [0, 0.1) is 13.8 Å². The Labute approximate surface area is 193 Å². The van der Waals surface area contributed by atoms with Crippen molar-refractivity contribution in [2.24, 2.45) is 32.6 Å². The van der Waals surface area contributed by atoms with Crippen molar-refractivity contribution in [2.75, 3.05) is 13.2 Å². The summed E-state index contributed by atoms with van der Waals surface area (Å²) in [6.07, 6.45) is 9.17. The largest absolute Gasteiger partial charge is 0.367 e. The van der Waals surface area contributed by atoms with Crippen molar-refractivity contribution in [3.05, 3.63) is 59.2 Å². The van der Waals surface area contributed by atoms with E-state index in [0.717, 1.165) is 23.0 Å². The average Bonchev–Trinajstić information content (AvgIpc) is 2.83. The summed E-state index contributed by atoms with van der Waals surface area (Å²) in [6.45, 7) is 8.48. The topological polar surface area (TPSA) is 201 Å². The van der Waals surface area contributed by atoms with Crippen LogP contribution in [0.1, 0.15) is 40.9 Å². The SMILES string of the molecule is CCONC(N)=N/N=C/c1ccncc1C.CCONC(N)=NN.Cc1cnccc1C=O. The molecule has 2 aromatic heterocycles. The number of aldehydes is 1. The van der Waals surface area contributed by atoms with E-state index in [1.807, 2.05) is 33.8 Å². The highest BCUT2D eigenvalue weighted by Gasteiger charge is 1.93. The van der Waals surface area contributed by atoms with Crippen molar-refractivity contribution in [2.45, 2.75) is 27.7 Å². The van der Waals surface area contributed by atoms with E-state index < -0.39 is 0 Å². The van der Waals surface area contributed by atoms with Gasteiger partial charge >= 0.3 is 0 Å². The van der Waals surface area contributed by atoms with Gasteiger partial charge in [0, 0.05) is 35.9 Å². The van der Waals surface area contributed by atoms with Crippen molar-refractivity contribution in [3.8, 4) is 0 Å². The lowest BCUT2D eigenvalue weighted by molar-refractivity contribution is 0.0957. The first-order valence-corrected chi connectivity index (χ1v) is 9.81. The third kappa shape index (κ3) is 14.5. The zero-order valence-corrected chi connectivity index (χ0v) is 19.2. The lowest BCUT2D eigenvalue weighted by Gasteiger charge is -2.00. The summed E-state index contributed by atoms with van der Waals surface area (Å²) in [5.41, 5.74) is 18.8. The van der Waals surface area contributed by atoms with Crippen LogP contribution in [0.3, 0.4) is 0 Å². The first-order chi connectivity index (χ1) is 15.9. The van der Waals surface area contributed by atoms with Gasteiger partial charge in [0.1, 0.15) is 6.29 Å². The van der Waals surface area contributed by atoms with Gasteiger partial charge in [-0.25, -0.2) is 11.0 Å². The summed E-state index contributed by atoms with van der Waals surface area (Å²) >= 11 is 0. The van der Waals surface area contributed by atoms with Gasteiger partial charge in [0.25, 0.3) is 0 Å². The fraction of sp³-hybridized carbons (Fsp3) is 0.300. The second kappa shape index (κ2) is 18.7. The molecule has 33 heavy (non-hydrogen) atoms. The summed E-state index contributed by atoms with van der Waals surface area (Å²) in [4.78, 5) is 27.4. The van der Waals surface area contributed by atoms with Crippen molar-refractivity contribution < 1.29 is 14.5 Å². The fourth-order valence-electron chi connectivity index (χ4n) is 1.74. The first-order valence-electron chi connectivity index (χ1n) is 9.81. The van der Waals surface area contributed by atoms with Gasteiger partial charge < -0.3 is 17.3 Å². The second-order valence-electron chi connectivity index (χ2n) is 5.90. The molecule has 0 fully saturated rings. The summed E-state index contributed by atoms with van der Waals surface area (Å²) in [5, 5.41) is 10.6. The zero-order valence-electron chi connectivity index (χ0n) is 19.2. The number of hydrogen-bond donors (Lipinski definition) is 5. The van der Waals surface area contributed by atoms with E-state index in [4.69, 9.17) is 22.1 Å². The smallest absolute Gasteiger partial charge is 0.237 e. The minimum atomic E-state index is 0.0758. The van der Waals surface area contributed by atoms with Crippen molar-refractivity contribution in [1.29, 1.82) is 0 Å². The molecule has 2 aromatic rings. The maximum Gasteiger partial charge on any atom is 0.237 e. The number of hydroxylamine groups is 2. The molecule has 0 aliphatic carbocycles. The van der Waals surface area contributed by atoms with E-state index in [1.54, 1.807) is 37.1 Å². The van der Waals surface area contributed by atoms with Crippen LogP contribution in [0.4, 0.5) is 0 Å². The number of carbonyl (C=O) groups is 1. The van der Waals surface area contributed by atoms with Crippen LogP contribution in [0.2, 0.25) is 0 Å². The number of hydrogen-bond acceptors (Lipinski definition) is 9. The summed E-state index contributed by atoms with van der Waals surface area (Å²) in [7, 11) is 0. The lowest BCUT2D eigenvalue weighted by Crippen LogP contribution is -2.32. The average molecular weight is 461 g/mol. The molecule has 0 aromatic carbocycles. The highest BCUT2D eigenvalue weighted by Crippen LogP contribution is 2.01. The number of carbonyl (C=O) groups excluding carboxylic acids is 1. The van der Waals surface area contributed by atoms with Crippen molar-refractivity contribution >= 4 is 24.4 Å². The van der Waals surface area contributed by atoms with Gasteiger partial charge in [-0.1, -0.05) is 0 Å². The molecule has 0 saturated carbocycles. The molecular formula is C20H32N10O3. The minimum Gasteiger partial charge on any atom is -0.367 e. The Morgan fingerprint density at radius 3 is 1.91 bits per heavy atom. The summed E-state index contributed by atoms with van der Waals surface area (Å²) in [5.74, 6) is 4.92. The minimum absolute atomic E-state index is 0.0758. The normalized spacial score (nSPS) is 11.0. The van der Waals surface area contributed by atoms with E-state index in [0.29, 0.717) is 18.8 Å². The molecule has 13 heteroatoms. The van der Waals surface area contributed by atoms with Gasteiger partial charge in [-0.3, -0.25) is 24.4 Å². The molecule has 8 N–H and O–H groups in total. The van der Waals surface area contributed by atoms with Gasteiger partial charge in [-0.2, -0.15) is 5.10 Å². The Bertz CT molecular complexity index is 903.